The van der Waals surface area contributed by atoms with Crippen molar-refractivity contribution in [1.82, 2.24) is 19.1 Å². The van der Waals surface area contributed by atoms with Crippen LogP contribution in [0.3, 0.4) is 0 Å². The van der Waals surface area contributed by atoms with Gasteiger partial charge in [0.15, 0.2) is 5.78 Å². The third kappa shape index (κ3) is 5.08. The zero-order chi connectivity index (χ0) is 24.2. The Labute approximate surface area is 196 Å². The van der Waals surface area contributed by atoms with E-state index in [0.29, 0.717) is 23.5 Å². The minimum Gasteiger partial charge on any atom is -0.460 e. The van der Waals surface area contributed by atoms with E-state index in [1.807, 2.05) is 0 Å². The second-order valence-corrected chi connectivity index (χ2v) is 8.90. The number of carbonyl (C=O) groups excluding carboxylic acids is 2. The van der Waals surface area contributed by atoms with Crippen molar-refractivity contribution in [3.05, 3.63) is 58.4 Å². The summed E-state index contributed by atoms with van der Waals surface area (Å²) < 4.78 is 21.7. The number of ether oxygens (including phenoxy) is 1. The summed E-state index contributed by atoms with van der Waals surface area (Å²) in [6.07, 6.45) is 8.87. The van der Waals surface area contributed by atoms with Crippen LogP contribution in [0.25, 0.3) is 10.9 Å². The van der Waals surface area contributed by atoms with Crippen molar-refractivity contribution in [1.29, 1.82) is 0 Å². The summed E-state index contributed by atoms with van der Waals surface area (Å²) in [4.78, 5) is 47.5. The Hall–Kier alpha value is -3.36. The fourth-order valence-corrected chi connectivity index (χ4v) is 4.76. The van der Waals surface area contributed by atoms with E-state index in [1.54, 1.807) is 20.2 Å². The Morgan fingerprint density at radius 3 is 2.74 bits per heavy atom. The first-order valence-electron chi connectivity index (χ1n) is 11.8. The first-order valence-corrected chi connectivity index (χ1v) is 11.8. The van der Waals surface area contributed by atoms with E-state index < -0.39 is 23.4 Å². The van der Waals surface area contributed by atoms with E-state index in [2.05, 4.69) is 9.97 Å². The van der Waals surface area contributed by atoms with Crippen LogP contribution in [0, 0.1) is 11.7 Å². The molecule has 2 aromatic heterocycles. The van der Waals surface area contributed by atoms with Gasteiger partial charge in [-0.1, -0.05) is 32.1 Å². The SMILES string of the molecule is CCOC(=O)c1nc(CC(=O)C(CC2CCCCC2)n2cnc3ccc(F)cc3c2=O)cn1C. The zero-order valence-electron chi connectivity index (χ0n) is 19.5. The van der Waals surface area contributed by atoms with Crippen molar-refractivity contribution in [3.8, 4) is 0 Å². The van der Waals surface area contributed by atoms with Gasteiger partial charge in [0.2, 0.25) is 5.82 Å². The number of fused-ring (bicyclic) bond motifs is 1. The number of rotatable bonds is 8. The number of Topliss-reactive ketones (excluding diaryl/α,β-unsaturated/α-hetero) is 1. The lowest BCUT2D eigenvalue weighted by Gasteiger charge is -2.27. The number of nitrogens with zero attached hydrogens (tertiary/aromatic N) is 4. The lowest BCUT2D eigenvalue weighted by atomic mass is 9.83. The van der Waals surface area contributed by atoms with Crippen LogP contribution in [0.2, 0.25) is 0 Å². The first kappa shape index (κ1) is 23.8. The standard InChI is InChI=1S/C25H29FN4O4/c1-3-34-25(33)23-28-18(14-29(23)2)13-22(31)21(11-16-7-5-4-6-8-16)30-15-27-20-10-9-17(26)12-19(20)24(30)32/h9-10,12,14-16,21H,3-8,11,13H2,1-2H3. The van der Waals surface area contributed by atoms with Gasteiger partial charge in [-0.15, -0.1) is 0 Å². The molecule has 3 aromatic rings. The predicted octanol–water partition coefficient (Wildman–Crippen LogP) is 3.77. The minimum absolute atomic E-state index is 0.0434. The van der Waals surface area contributed by atoms with Gasteiger partial charge in [-0.25, -0.2) is 19.2 Å². The van der Waals surface area contributed by atoms with Crippen molar-refractivity contribution >= 4 is 22.7 Å². The molecule has 0 saturated heterocycles. The molecule has 4 rings (SSSR count). The molecule has 180 valence electrons. The molecule has 1 aliphatic carbocycles. The lowest BCUT2D eigenvalue weighted by Crippen LogP contribution is -2.33. The zero-order valence-corrected chi connectivity index (χ0v) is 19.5. The Morgan fingerprint density at radius 1 is 1.24 bits per heavy atom. The maximum atomic E-state index is 13.8. The smallest absolute Gasteiger partial charge is 0.374 e. The average Bonchev–Trinajstić information content (AvgIpc) is 3.19. The number of hydrogen-bond acceptors (Lipinski definition) is 6. The van der Waals surface area contributed by atoms with Crippen LogP contribution in [0.15, 0.2) is 35.5 Å². The van der Waals surface area contributed by atoms with Crippen LogP contribution in [0.5, 0.6) is 0 Å². The molecule has 1 aromatic carbocycles. The number of hydrogen-bond donors (Lipinski definition) is 0. The molecule has 0 spiro atoms. The Bertz CT molecular complexity index is 1260. The van der Waals surface area contributed by atoms with E-state index in [0.717, 1.165) is 31.7 Å². The number of aryl methyl sites for hydroxylation is 1. The molecular weight excluding hydrogens is 439 g/mol. The number of esters is 1. The molecular formula is C25H29FN4O4. The highest BCUT2D eigenvalue weighted by Crippen LogP contribution is 2.31. The average molecular weight is 469 g/mol. The highest BCUT2D eigenvalue weighted by molar-refractivity contribution is 5.87. The predicted molar refractivity (Wildman–Crippen MR) is 124 cm³/mol. The minimum atomic E-state index is -0.746. The molecule has 1 atom stereocenters. The summed E-state index contributed by atoms with van der Waals surface area (Å²) in [5.74, 6) is -0.845. The summed E-state index contributed by atoms with van der Waals surface area (Å²) in [6.45, 7) is 1.93. The fourth-order valence-electron chi connectivity index (χ4n) is 4.76. The third-order valence-corrected chi connectivity index (χ3v) is 6.47. The third-order valence-electron chi connectivity index (χ3n) is 6.47. The quantitative estimate of drug-likeness (QED) is 0.467. The molecule has 1 fully saturated rings. The van der Waals surface area contributed by atoms with Crippen LogP contribution in [0.4, 0.5) is 4.39 Å². The monoisotopic (exact) mass is 468 g/mol. The van der Waals surface area contributed by atoms with Gasteiger partial charge in [-0.05, 0) is 37.5 Å². The van der Waals surface area contributed by atoms with Gasteiger partial charge in [0.25, 0.3) is 5.56 Å². The highest BCUT2D eigenvalue weighted by Gasteiger charge is 2.28. The van der Waals surface area contributed by atoms with Gasteiger partial charge >= 0.3 is 5.97 Å². The number of ketones is 1. The van der Waals surface area contributed by atoms with Crippen molar-refractivity contribution in [2.75, 3.05) is 6.61 Å². The van der Waals surface area contributed by atoms with E-state index in [4.69, 9.17) is 4.74 Å². The number of halogens is 1. The second kappa shape index (κ2) is 10.3. The van der Waals surface area contributed by atoms with Gasteiger partial charge in [0.05, 0.1) is 42.0 Å². The Morgan fingerprint density at radius 2 is 2.00 bits per heavy atom. The van der Waals surface area contributed by atoms with E-state index in [9.17, 15) is 18.8 Å². The fraction of sp³-hybridized carbons (Fsp3) is 0.480. The van der Waals surface area contributed by atoms with Gasteiger partial charge < -0.3 is 9.30 Å². The largest absolute Gasteiger partial charge is 0.460 e. The van der Waals surface area contributed by atoms with Gasteiger partial charge in [0, 0.05) is 13.2 Å². The molecule has 1 aliphatic rings. The van der Waals surface area contributed by atoms with Gasteiger partial charge in [-0.3, -0.25) is 14.2 Å². The molecule has 0 aliphatic heterocycles. The first-order chi connectivity index (χ1) is 16.4. The summed E-state index contributed by atoms with van der Waals surface area (Å²) in [5.41, 5.74) is 0.374. The lowest BCUT2D eigenvalue weighted by molar-refractivity contribution is -0.122. The normalized spacial score (nSPS) is 15.4. The summed E-state index contributed by atoms with van der Waals surface area (Å²) >= 11 is 0. The molecule has 2 heterocycles. The summed E-state index contributed by atoms with van der Waals surface area (Å²) in [7, 11) is 1.67. The van der Waals surface area contributed by atoms with E-state index in [1.165, 1.54) is 34.0 Å². The van der Waals surface area contributed by atoms with Gasteiger partial charge in [-0.2, -0.15) is 0 Å². The molecule has 9 heteroatoms. The van der Waals surface area contributed by atoms with E-state index >= 15 is 0 Å². The van der Waals surface area contributed by atoms with Crippen molar-refractivity contribution in [3.63, 3.8) is 0 Å². The van der Waals surface area contributed by atoms with Crippen molar-refractivity contribution in [2.45, 2.75) is 57.9 Å². The molecule has 0 radical (unpaired) electrons. The van der Waals surface area contributed by atoms with Crippen LogP contribution in [-0.2, 0) is 23.0 Å². The van der Waals surface area contributed by atoms with Crippen LogP contribution in [-0.4, -0.2) is 37.5 Å². The summed E-state index contributed by atoms with van der Waals surface area (Å²) in [5, 5.41) is 0.145. The van der Waals surface area contributed by atoms with Gasteiger partial charge in [0.1, 0.15) is 5.82 Å². The molecule has 1 unspecified atom stereocenters. The molecule has 34 heavy (non-hydrogen) atoms. The molecule has 8 nitrogen and oxygen atoms in total. The number of benzene rings is 1. The maximum Gasteiger partial charge on any atom is 0.374 e. The van der Waals surface area contributed by atoms with E-state index in [-0.39, 0.29) is 30.0 Å². The molecule has 0 bridgehead atoms. The van der Waals surface area contributed by atoms with Crippen molar-refractivity contribution in [2.24, 2.45) is 13.0 Å². The number of imidazole rings is 1. The Kier molecular flexibility index (Phi) is 7.19. The topological polar surface area (TPSA) is 96.1 Å². The maximum absolute atomic E-state index is 13.8. The molecule has 1 saturated carbocycles. The van der Waals surface area contributed by atoms with Crippen LogP contribution < -0.4 is 5.56 Å². The highest BCUT2D eigenvalue weighted by atomic mass is 19.1. The number of aromatic nitrogens is 4. The summed E-state index contributed by atoms with van der Waals surface area (Å²) in [6, 6.07) is 3.13. The van der Waals surface area contributed by atoms with Crippen molar-refractivity contribution < 1.29 is 18.7 Å². The number of carbonyl (C=O) groups is 2. The Balaban J connectivity index is 1.66. The van der Waals surface area contributed by atoms with Crippen LogP contribution >= 0.6 is 0 Å². The second-order valence-electron chi connectivity index (χ2n) is 8.90. The molecule has 0 N–H and O–H groups in total. The van der Waals surface area contributed by atoms with Crippen LogP contribution in [0.1, 0.15) is 67.8 Å². The molecule has 0 amide bonds.